The second kappa shape index (κ2) is 9.89. The Hall–Kier alpha value is -3.11. The van der Waals surface area contributed by atoms with Gasteiger partial charge in [-0.2, -0.15) is 0 Å². The van der Waals surface area contributed by atoms with Crippen LogP contribution in [-0.2, 0) is 22.6 Å². The van der Waals surface area contributed by atoms with Gasteiger partial charge in [0.25, 0.3) is 0 Å². The van der Waals surface area contributed by atoms with Gasteiger partial charge in [0.1, 0.15) is 6.04 Å². The van der Waals surface area contributed by atoms with Crippen molar-refractivity contribution in [3.05, 3.63) is 107 Å². The van der Waals surface area contributed by atoms with Gasteiger partial charge in [-0.05, 0) is 28.8 Å². The molecule has 0 unspecified atom stereocenters. The molecule has 0 radical (unpaired) electrons. The number of hydrogen-bond acceptors (Lipinski definition) is 2. The van der Waals surface area contributed by atoms with Gasteiger partial charge < -0.3 is 10.2 Å². The number of likely N-dealkylation sites (N-methyl/N-ethyl adjacent to an activating group) is 1. The van der Waals surface area contributed by atoms with Crippen molar-refractivity contribution in [3.8, 4) is 0 Å². The number of carbonyl (C=O) groups is 2. The van der Waals surface area contributed by atoms with E-state index in [2.05, 4.69) is 5.32 Å². The van der Waals surface area contributed by atoms with Gasteiger partial charge in [-0.3, -0.25) is 9.59 Å². The number of amides is 2. The van der Waals surface area contributed by atoms with Crippen LogP contribution in [0.15, 0.2) is 84.9 Å². The van der Waals surface area contributed by atoms with Crippen LogP contribution < -0.4 is 5.32 Å². The third-order valence-electron chi connectivity index (χ3n) is 4.71. The Morgan fingerprint density at radius 1 is 0.862 bits per heavy atom. The van der Waals surface area contributed by atoms with Crippen LogP contribution in [0, 0.1) is 0 Å². The summed E-state index contributed by atoms with van der Waals surface area (Å²) in [5.74, 6) is -0.356. The molecule has 0 aliphatic carbocycles. The van der Waals surface area contributed by atoms with Crippen LogP contribution >= 0.6 is 11.6 Å². The molecule has 3 aromatic carbocycles. The van der Waals surface area contributed by atoms with E-state index in [1.165, 1.54) is 0 Å². The maximum atomic E-state index is 13.4. The number of nitrogens with one attached hydrogen (secondary N) is 1. The molecule has 0 heterocycles. The van der Waals surface area contributed by atoms with Gasteiger partial charge in [-0.1, -0.05) is 84.4 Å². The fraction of sp³-hybridized carbons (Fsp3) is 0.167. The molecule has 0 aliphatic rings. The molecular formula is C24H23ClN2O2. The van der Waals surface area contributed by atoms with Crippen LogP contribution in [0.25, 0.3) is 0 Å². The summed E-state index contributed by atoms with van der Waals surface area (Å²) in [6.07, 6.45) is 0.185. The minimum absolute atomic E-state index is 0.131. The highest BCUT2D eigenvalue weighted by molar-refractivity contribution is 6.30. The zero-order chi connectivity index (χ0) is 20.6. The molecule has 0 spiro atoms. The average Bonchev–Trinajstić information content (AvgIpc) is 2.76. The molecule has 1 N–H and O–H groups in total. The molecule has 0 saturated carbocycles. The molecule has 3 rings (SSSR count). The highest BCUT2D eigenvalue weighted by Crippen LogP contribution is 2.25. The Balaban J connectivity index is 1.96. The van der Waals surface area contributed by atoms with Crippen LogP contribution in [0.2, 0.25) is 5.02 Å². The van der Waals surface area contributed by atoms with Crippen molar-refractivity contribution in [2.24, 2.45) is 0 Å². The van der Waals surface area contributed by atoms with Crippen molar-refractivity contribution in [1.82, 2.24) is 10.2 Å². The minimum Gasteiger partial charge on any atom is -0.357 e. The third-order valence-corrected chi connectivity index (χ3v) is 4.96. The zero-order valence-electron chi connectivity index (χ0n) is 16.2. The van der Waals surface area contributed by atoms with Gasteiger partial charge in [0.2, 0.25) is 11.8 Å². The van der Waals surface area contributed by atoms with Gasteiger partial charge >= 0.3 is 0 Å². The van der Waals surface area contributed by atoms with E-state index < -0.39 is 6.04 Å². The van der Waals surface area contributed by atoms with Crippen LogP contribution in [0.3, 0.4) is 0 Å². The number of hydrogen-bond donors (Lipinski definition) is 1. The van der Waals surface area contributed by atoms with Crippen molar-refractivity contribution in [2.75, 3.05) is 7.05 Å². The van der Waals surface area contributed by atoms with Crippen LogP contribution in [0.4, 0.5) is 0 Å². The summed E-state index contributed by atoms with van der Waals surface area (Å²) in [7, 11) is 1.59. The van der Waals surface area contributed by atoms with E-state index in [0.29, 0.717) is 11.6 Å². The van der Waals surface area contributed by atoms with E-state index in [-0.39, 0.29) is 18.2 Å². The molecule has 0 fully saturated rings. The lowest BCUT2D eigenvalue weighted by molar-refractivity contribution is -0.141. The first-order valence-corrected chi connectivity index (χ1v) is 9.80. The van der Waals surface area contributed by atoms with E-state index in [9.17, 15) is 9.59 Å². The molecule has 5 heteroatoms. The number of nitrogens with zero attached hydrogens (tertiary/aromatic N) is 1. The summed E-state index contributed by atoms with van der Waals surface area (Å²) in [4.78, 5) is 27.8. The molecule has 0 saturated heterocycles. The molecule has 4 nitrogen and oxygen atoms in total. The predicted molar refractivity (Wildman–Crippen MR) is 115 cm³/mol. The van der Waals surface area contributed by atoms with E-state index in [1.54, 1.807) is 24.1 Å². The minimum atomic E-state index is -0.721. The number of benzene rings is 3. The molecule has 29 heavy (non-hydrogen) atoms. The summed E-state index contributed by atoms with van der Waals surface area (Å²) in [5.41, 5.74) is 2.58. The lowest BCUT2D eigenvalue weighted by Crippen LogP contribution is -2.43. The van der Waals surface area contributed by atoms with Crippen molar-refractivity contribution >= 4 is 23.4 Å². The number of carbonyl (C=O) groups excluding carboxylic acids is 2. The highest BCUT2D eigenvalue weighted by atomic mass is 35.5. The van der Waals surface area contributed by atoms with Gasteiger partial charge in [0.15, 0.2) is 0 Å². The number of rotatable bonds is 7. The summed E-state index contributed by atoms with van der Waals surface area (Å²) in [6, 6.07) is 25.5. The third kappa shape index (κ3) is 5.46. The first-order valence-electron chi connectivity index (χ1n) is 9.43. The van der Waals surface area contributed by atoms with Gasteiger partial charge in [-0.25, -0.2) is 0 Å². The molecule has 0 aliphatic heterocycles. The van der Waals surface area contributed by atoms with Gasteiger partial charge in [0, 0.05) is 18.6 Å². The van der Waals surface area contributed by atoms with Crippen molar-refractivity contribution in [2.45, 2.75) is 19.0 Å². The van der Waals surface area contributed by atoms with Crippen molar-refractivity contribution < 1.29 is 9.59 Å². The summed E-state index contributed by atoms with van der Waals surface area (Å²) < 4.78 is 0. The van der Waals surface area contributed by atoms with Crippen LogP contribution in [-0.4, -0.2) is 23.8 Å². The predicted octanol–water partition coefficient (Wildman–Crippen LogP) is 4.40. The lowest BCUT2D eigenvalue weighted by atomic mass is 10.0. The van der Waals surface area contributed by atoms with Gasteiger partial charge in [-0.15, -0.1) is 0 Å². The van der Waals surface area contributed by atoms with Crippen LogP contribution in [0.1, 0.15) is 22.7 Å². The van der Waals surface area contributed by atoms with Crippen molar-refractivity contribution in [3.63, 3.8) is 0 Å². The largest absolute Gasteiger partial charge is 0.357 e. The molecule has 2 amide bonds. The Morgan fingerprint density at radius 3 is 2.03 bits per heavy atom. The fourth-order valence-electron chi connectivity index (χ4n) is 3.23. The smallest absolute Gasteiger partial charge is 0.247 e. The standard InChI is InChI=1S/C24H23ClN2O2/c1-26-24(29)23(20-10-6-3-7-11-20)27(17-19-8-4-2-5-9-19)22(28)16-18-12-14-21(25)15-13-18/h2-15,23H,16-17H2,1H3,(H,26,29)/t23-/m1/s1. The Morgan fingerprint density at radius 2 is 1.45 bits per heavy atom. The average molecular weight is 407 g/mol. The van der Waals surface area contributed by atoms with Crippen molar-refractivity contribution in [1.29, 1.82) is 0 Å². The Bertz CT molecular complexity index is 944. The second-order valence-electron chi connectivity index (χ2n) is 6.74. The first kappa shape index (κ1) is 20.6. The molecule has 1 atom stereocenters. The fourth-order valence-corrected chi connectivity index (χ4v) is 3.35. The Labute approximate surface area is 176 Å². The summed E-state index contributed by atoms with van der Waals surface area (Å²) in [5, 5.41) is 3.33. The number of halogens is 1. The summed E-state index contributed by atoms with van der Waals surface area (Å²) in [6.45, 7) is 0.334. The van der Waals surface area contributed by atoms with E-state index in [0.717, 1.165) is 16.7 Å². The maximum absolute atomic E-state index is 13.4. The molecule has 148 valence electrons. The molecular weight excluding hydrogens is 384 g/mol. The maximum Gasteiger partial charge on any atom is 0.247 e. The normalized spacial score (nSPS) is 11.5. The first-order chi connectivity index (χ1) is 14.1. The topological polar surface area (TPSA) is 49.4 Å². The quantitative estimate of drug-likeness (QED) is 0.632. The van der Waals surface area contributed by atoms with E-state index in [4.69, 9.17) is 11.6 Å². The SMILES string of the molecule is CNC(=O)[C@@H](c1ccccc1)N(Cc1ccccc1)C(=O)Cc1ccc(Cl)cc1. The van der Waals surface area contributed by atoms with E-state index in [1.807, 2.05) is 72.8 Å². The zero-order valence-corrected chi connectivity index (χ0v) is 17.0. The monoisotopic (exact) mass is 406 g/mol. The molecule has 0 aromatic heterocycles. The molecule has 3 aromatic rings. The highest BCUT2D eigenvalue weighted by Gasteiger charge is 2.30. The molecule has 0 bridgehead atoms. The Kier molecular flexibility index (Phi) is 7.04. The van der Waals surface area contributed by atoms with Gasteiger partial charge in [0.05, 0.1) is 6.42 Å². The van der Waals surface area contributed by atoms with Crippen LogP contribution in [0.5, 0.6) is 0 Å². The summed E-state index contributed by atoms with van der Waals surface area (Å²) >= 11 is 5.96. The lowest BCUT2D eigenvalue weighted by Gasteiger charge is -2.31. The second-order valence-corrected chi connectivity index (χ2v) is 7.17. The van der Waals surface area contributed by atoms with E-state index >= 15 is 0 Å².